The zero-order valence-corrected chi connectivity index (χ0v) is 14.7. The smallest absolute Gasteiger partial charge is 0.320 e. The van der Waals surface area contributed by atoms with Gasteiger partial charge in [-0.2, -0.15) is 0 Å². The minimum absolute atomic E-state index is 0.354. The minimum Gasteiger partial charge on any atom is -0.490 e. The summed E-state index contributed by atoms with van der Waals surface area (Å²) in [7, 11) is 0. The number of hydrogen-bond acceptors (Lipinski definition) is 4. The molecular weight excluding hydrogens is 318 g/mol. The summed E-state index contributed by atoms with van der Waals surface area (Å²) in [6.07, 6.45) is 7.56. The molecule has 2 fully saturated rings. The van der Waals surface area contributed by atoms with Crippen LogP contribution < -0.4 is 9.47 Å². The van der Waals surface area contributed by atoms with Crippen molar-refractivity contribution in [3.63, 3.8) is 0 Å². The van der Waals surface area contributed by atoms with Gasteiger partial charge in [-0.1, -0.05) is 18.9 Å². The molecule has 25 heavy (non-hydrogen) atoms. The van der Waals surface area contributed by atoms with Crippen LogP contribution in [-0.4, -0.2) is 41.3 Å². The Morgan fingerprint density at radius 3 is 2.64 bits per heavy atom. The third-order valence-corrected chi connectivity index (χ3v) is 5.93. The molecule has 0 aromatic heterocycles. The van der Waals surface area contributed by atoms with E-state index in [1.807, 2.05) is 12.1 Å². The molecule has 1 aliphatic carbocycles. The number of aliphatic carboxylic acids is 1. The molecule has 0 radical (unpaired) electrons. The highest BCUT2D eigenvalue weighted by molar-refractivity contribution is 5.74. The number of carbonyl (C=O) groups is 1. The molecule has 1 saturated carbocycles. The summed E-state index contributed by atoms with van der Waals surface area (Å²) in [6, 6.07) is 6.12. The van der Waals surface area contributed by atoms with Crippen molar-refractivity contribution in [1.29, 1.82) is 0 Å². The van der Waals surface area contributed by atoms with E-state index in [9.17, 15) is 9.90 Å². The van der Waals surface area contributed by atoms with Crippen LogP contribution in [0.2, 0.25) is 0 Å². The van der Waals surface area contributed by atoms with Crippen LogP contribution in [0.15, 0.2) is 18.2 Å². The van der Waals surface area contributed by atoms with Crippen LogP contribution in [0.1, 0.15) is 50.5 Å². The fraction of sp³-hybridized carbons (Fsp3) is 0.650. The normalized spacial score (nSPS) is 29.5. The van der Waals surface area contributed by atoms with Crippen molar-refractivity contribution in [3.8, 4) is 11.5 Å². The third-order valence-electron chi connectivity index (χ3n) is 5.93. The van der Waals surface area contributed by atoms with Crippen LogP contribution in [0, 0.1) is 5.92 Å². The second-order valence-electron chi connectivity index (χ2n) is 7.56. The molecule has 136 valence electrons. The molecule has 3 atom stereocenters. The van der Waals surface area contributed by atoms with Gasteiger partial charge in [0.2, 0.25) is 0 Å². The largest absolute Gasteiger partial charge is 0.490 e. The van der Waals surface area contributed by atoms with Crippen molar-refractivity contribution in [2.24, 2.45) is 5.92 Å². The van der Waals surface area contributed by atoms with Gasteiger partial charge in [-0.25, -0.2) is 0 Å². The van der Waals surface area contributed by atoms with Gasteiger partial charge in [-0.3, -0.25) is 9.69 Å². The lowest BCUT2D eigenvalue weighted by Crippen LogP contribution is -2.41. The number of nitrogens with zero attached hydrogens (tertiary/aromatic N) is 1. The first-order chi connectivity index (χ1) is 12.2. The van der Waals surface area contributed by atoms with E-state index in [1.165, 1.54) is 19.3 Å². The molecule has 5 heteroatoms. The van der Waals surface area contributed by atoms with E-state index in [4.69, 9.17) is 9.47 Å². The Bertz CT molecular complexity index is 632. The van der Waals surface area contributed by atoms with Crippen molar-refractivity contribution < 1.29 is 19.4 Å². The average molecular weight is 345 g/mol. The van der Waals surface area contributed by atoms with Crippen molar-refractivity contribution >= 4 is 5.97 Å². The molecular formula is C20H27NO4. The van der Waals surface area contributed by atoms with Gasteiger partial charge in [-0.15, -0.1) is 0 Å². The molecule has 1 N–H and O–H groups in total. The Morgan fingerprint density at radius 1 is 1.08 bits per heavy atom. The van der Waals surface area contributed by atoms with Gasteiger partial charge in [0, 0.05) is 12.6 Å². The topological polar surface area (TPSA) is 59.0 Å². The molecule has 1 saturated heterocycles. The summed E-state index contributed by atoms with van der Waals surface area (Å²) >= 11 is 0. The molecule has 1 aromatic rings. The second-order valence-corrected chi connectivity index (χ2v) is 7.56. The third kappa shape index (κ3) is 3.47. The summed E-state index contributed by atoms with van der Waals surface area (Å²) in [6.45, 7) is 2.12. The SMILES string of the molecule is O=C(O)C1CC2CCCCC2N1Cc1ccc2c(c1)OCCCCO2. The molecule has 5 nitrogen and oxygen atoms in total. The lowest BCUT2D eigenvalue weighted by atomic mass is 9.84. The quantitative estimate of drug-likeness (QED) is 0.909. The maximum absolute atomic E-state index is 11.8. The number of carboxylic acid groups (broad SMARTS) is 1. The summed E-state index contributed by atoms with van der Waals surface area (Å²) in [5, 5.41) is 9.68. The summed E-state index contributed by atoms with van der Waals surface area (Å²) in [5.74, 6) is 1.46. The zero-order chi connectivity index (χ0) is 17.2. The second kappa shape index (κ2) is 7.24. The molecule has 2 heterocycles. The Labute approximate surface area is 148 Å². The van der Waals surface area contributed by atoms with Crippen LogP contribution in [0.3, 0.4) is 0 Å². The van der Waals surface area contributed by atoms with Crippen molar-refractivity contribution in [2.75, 3.05) is 13.2 Å². The van der Waals surface area contributed by atoms with E-state index in [0.717, 1.165) is 49.4 Å². The average Bonchev–Trinajstić information content (AvgIpc) is 2.95. The van der Waals surface area contributed by atoms with E-state index in [1.54, 1.807) is 0 Å². The lowest BCUT2D eigenvalue weighted by molar-refractivity contribution is -0.142. The van der Waals surface area contributed by atoms with Crippen LogP contribution in [0.4, 0.5) is 0 Å². The number of likely N-dealkylation sites (tertiary alicyclic amines) is 1. The Morgan fingerprint density at radius 2 is 1.84 bits per heavy atom. The first-order valence-corrected chi connectivity index (χ1v) is 9.59. The highest BCUT2D eigenvalue weighted by Gasteiger charge is 2.45. The van der Waals surface area contributed by atoms with Crippen LogP contribution in [0.5, 0.6) is 11.5 Å². The molecule has 1 aromatic carbocycles. The summed E-state index contributed by atoms with van der Waals surface area (Å²) < 4.78 is 11.6. The monoisotopic (exact) mass is 345 g/mol. The van der Waals surface area contributed by atoms with E-state index in [0.29, 0.717) is 25.1 Å². The predicted octanol–water partition coefficient (Wildman–Crippen LogP) is 3.46. The summed E-state index contributed by atoms with van der Waals surface area (Å²) in [4.78, 5) is 14.0. The number of fused-ring (bicyclic) bond motifs is 2. The predicted molar refractivity (Wildman–Crippen MR) is 94.0 cm³/mol. The van der Waals surface area contributed by atoms with Crippen molar-refractivity contribution in [1.82, 2.24) is 4.90 Å². The molecule has 3 unspecified atom stereocenters. The summed E-state index contributed by atoms with van der Waals surface area (Å²) in [5.41, 5.74) is 1.11. The van der Waals surface area contributed by atoms with Gasteiger partial charge in [0.15, 0.2) is 11.5 Å². The number of rotatable bonds is 3. The molecule has 4 rings (SSSR count). The Hall–Kier alpha value is -1.75. The molecule has 2 aliphatic heterocycles. The number of carboxylic acids is 1. The van der Waals surface area contributed by atoms with Gasteiger partial charge in [0.1, 0.15) is 6.04 Å². The maximum Gasteiger partial charge on any atom is 0.320 e. The first-order valence-electron chi connectivity index (χ1n) is 9.59. The molecule has 3 aliphatic rings. The van der Waals surface area contributed by atoms with E-state index < -0.39 is 5.97 Å². The lowest BCUT2D eigenvalue weighted by Gasteiger charge is -2.33. The molecule has 0 bridgehead atoms. The fourth-order valence-corrected chi connectivity index (χ4v) is 4.69. The van der Waals surface area contributed by atoms with Crippen molar-refractivity contribution in [3.05, 3.63) is 23.8 Å². The molecule has 0 spiro atoms. The highest BCUT2D eigenvalue weighted by Crippen LogP contribution is 2.41. The van der Waals surface area contributed by atoms with Crippen molar-refractivity contribution in [2.45, 2.75) is 63.6 Å². The highest BCUT2D eigenvalue weighted by atomic mass is 16.5. The van der Waals surface area contributed by atoms with E-state index >= 15 is 0 Å². The number of ether oxygens (including phenoxy) is 2. The van der Waals surface area contributed by atoms with Gasteiger partial charge in [-0.05, 0) is 55.7 Å². The standard InChI is InChI=1S/C20H27NO4/c22-20(23)17-12-15-5-1-2-6-16(15)21(17)13-14-7-8-18-19(11-14)25-10-4-3-9-24-18/h7-8,11,15-17H,1-6,9-10,12-13H2,(H,22,23). The zero-order valence-electron chi connectivity index (χ0n) is 14.7. The van der Waals surface area contributed by atoms with Gasteiger partial charge >= 0.3 is 5.97 Å². The van der Waals surface area contributed by atoms with Gasteiger partial charge < -0.3 is 14.6 Å². The maximum atomic E-state index is 11.8. The van der Waals surface area contributed by atoms with Gasteiger partial charge in [0.25, 0.3) is 0 Å². The first kappa shape index (κ1) is 16.7. The minimum atomic E-state index is -0.680. The fourth-order valence-electron chi connectivity index (χ4n) is 4.69. The Balaban J connectivity index is 1.55. The van der Waals surface area contributed by atoms with E-state index in [-0.39, 0.29) is 6.04 Å². The van der Waals surface area contributed by atoms with Gasteiger partial charge in [0.05, 0.1) is 13.2 Å². The van der Waals surface area contributed by atoms with Crippen LogP contribution in [-0.2, 0) is 11.3 Å². The van der Waals surface area contributed by atoms with E-state index in [2.05, 4.69) is 11.0 Å². The Kier molecular flexibility index (Phi) is 4.84. The number of hydrogen-bond donors (Lipinski definition) is 1. The number of benzene rings is 1. The molecule has 0 amide bonds. The van der Waals surface area contributed by atoms with Crippen LogP contribution >= 0.6 is 0 Å². The van der Waals surface area contributed by atoms with Crippen LogP contribution in [0.25, 0.3) is 0 Å².